The molecule has 0 heterocycles. The third-order valence-electron chi connectivity index (χ3n) is 5.70. The first-order valence-electron chi connectivity index (χ1n) is 10.4. The van der Waals surface area contributed by atoms with Gasteiger partial charge in [0.15, 0.2) is 0 Å². The van der Waals surface area contributed by atoms with E-state index in [2.05, 4.69) is 5.32 Å². The van der Waals surface area contributed by atoms with E-state index in [1.165, 1.54) is 23.9 Å². The smallest absolute Gasteiger partial charge is 0.240 e. The number of carbonyl (C=O) groups excluding carboxylic acids is 2. The van der Waals surface area contributed by atoms with Crippen molar-refractivity contribution in [2.24, 2.45) is 11.7 Å². The highest BCUT2D eigenvalue weighted by molar-refractivity contribution is 7.99. The summed E-state index contributed by atoms with van der Waals surface area (Å²) in [6, 6.07) is 12.3. The molecule has 6 atom stereocenters. The van der Waals surface area contributed by atoms with Crippen LogP contribution in [0.3, 0.4) is 0 Å². The van der Waals surface area contributed by atoms with Gasteiger partial charge in [-0.05, 0) is 41.8 Å². The van der Waals surface area contributed by atoms with Crippen LogP contribution in [0.2, 0.25) is 5.02 Å². The van der Waals surface area contributed by atoms with Gasteiger partial charge < -0.3 is 31.5 Å². The largest absolute Gasteiger partial charge is 0.508 e. The highest BCUT2D eigenvalue weighted by Crippen LogP contribution is 2.36. The molecule has 10 heteroatoms. The number of primary amides is 1. The molecule has 0 radical (unpaired) electrons. The van der Waals surface area contributed by atoms with Gasteiger partial charge in [0.25, 0.3) is 0 Å². The van der Waals surface area contributed by atoms with E-state index in [-0.39, 0.29) is 18.6 Å². The van der Waals surface area contributed by atoms with Crippen molar-refractivity contribution in [3.8, 4) is 5.75 Å². The monoisotopic (exact) mass is 494 g/mol. The van der Waals surface area contributed by atoms with Crippen LogP contribution in [0.15, 0.2) is 48.5 Å². The first kappa shape index (κ1) is 25.3. The Morgan fingerprint density at radius 3 is 2.24 bits per heavy atom. The molecule has 33 heavy (non-hydrogen) atoms. The first-order chi connectivity index (χ1) is 15.7. The summed E-state index contributed by atoms with van der Waals surface area (Å²) in [5, 5.41) is 42.9. The minimum atomic E-state index is -1.39. The van der Waals surface area contributed by atoms with Crippen molar-refractivity contribution in [1.82, 2.24) is 5.32 Å². The molecule has 6 unspecified atom stereocenters. The Labute approximate surface area is 200 Å². The summed E-state index contributed by atoms with van der Waals surface area (Å²) in [5.41, 5.74) is 7.09. The zero-order chi connectivity index (χ0) is 24.1. The molecule has 3 rings (SSSR count). The molecule has 1 aliphatic rings. The summed E-state index contributed by atoms with van der Waals surface area (Å²) in [7, 11) is 0. The Morgan fingerprint density at radius 2 is 1.64 bits per heavy atom. The number of halogens is 1. The Balaban J connectivity index is 1.73. The molecule has 1 fully saturated rings. The minimum Gasteiger partial charge on any atom is -0.508 e. The minimum absolute atomic E-state index is 0.0719. The maximum atomic E-state index is 13.1. The molecular weight excluding hydrogens is 468 g/mol. The van der Waals surface area contributed by atoms with E-state index in [1.54, 1.807) is 24.3 Å². The molecule has 0 spiro atoms. The van der Waals surface area contributed by atoms with Crippen LogP contribution in [0.25, 0.3) is 0 Å². The van der Waals surface area contributed by atoms with Crippen molar-refractivity contribution in [2.75, 3.05) is 0 Å². The number of benzene rings is 2. The Kier molecular flexibility index (Phi) is 8.61. The van der Waals surface area contributed by atoms with Gasteiger partial charge in [0.2, 0.25) is 11.8 Å². The molecule has 8 nitrogen and oxygen atoms in total. The highest BCUT2D eigenvalue weighted by Gasteiger charge is 2.46. The van der Waals surface area contributed by atoms with Crippen molar-refractivity contribution in [3.05, 3.63) is 64.7 Å². The predicted octanol–water partition coefficient (Wildman–Crippen LogP) is 0.963. The molecule has 7 N–H and O–H groups in total. The van der Waals surface area contributed by atoms with E-state index in [9.17, 15) is 30.0 Å². The van der Waals surface area contributed by atoms with E-state index in [0.29, 0.717) is 16.3 Å². The van der Waals surface area contributed by atoms with Gasteiger partial charge in [-0.3, -0.25) is 9.59 Å². The first-order valence-corrected chi connectivity index (χ1v) is 11.9. The maximum absolute atomic E-state index is 13.1. The number of nitrogens with one attached hydrogen (secondary N) is 1. The summed E-state index contributed by atoms with van der Waals surface area (Å²) in [5.74, 6) is -1.63. The highest BCUT2D eigenvalue weighted by atomic mass is 35.5. The van der Waals surface area contributed by atoms with Crippen LogP contribution in [0.5, 0.6) is 5.75 Å². The maximum Gasteiger partial charge on any atom is 0.240 e. The number of phenolic OH excluding ortho intramolecular Hbond substituents is 1. The molecule has 0 saturated heterocycles. The molecular formula is C23H27ClN2O6S. The second-order valence-electron chi connectivity index (χ2n) is 8.13. The van der Waals surface area contributed by atoms with Crippen LogP contribution in [-0.4, -0.2) is 61.8 Å². The number of nitrogens with two attached hydrogens (primary N) is 1. The number of carbonyl (C=O) groups is 2. The third-order valence-corrected chi connectivity index (χ3v) is 7.45. The molecule has 178 valence electrons. The zero-order valence-electron chi connectivity index (χ0n) is 17.7. The molecule has 0 bridgehead atoms. The van der Waals surface area contributed by atoms with Crippen molar-refractivity contribution in [3.63, 3.8) is 0 Å². The average molecular weight is 495 g/mol. The second-order valence-corrected chi connectivity index (χ2v) is 9.73. The lowest BCUT2D eigenvalue weighted by atomic mass is 9.82. The summed E-state index contributed by atoms with van der Waals surface area (Å²) in [4.78, 5) is 25.1. The van der Waals surface area contributed by atoms with E-state index >= 15 is 0 Å². The van der Waals surface area contributed by atoms with Gasteiger partial charge >= 0.3 is 0 Å². The van der Waals surface area contributed by atoms with Crippen molar-refractivity contribution < 1.29 is 30.0 Å². The van der Waals surface area contributed by atoms with Gasteiger partial charge in [0, 0.05) is 22.4 Å². The fourth-order valence-corrected chi connectivity index (χ4v) is 5.34. The van der Waals surface area contributed by atoms with E-state index in [0.717, 1.165) is 5.56 Å². The Morgan fingerprint density at radius 1 is 1.03 bits per heavy atom. The Bertz CT molecular complexity index is 958. The van der Waals surface area contributed by atoms with Crippen LogP contribution in [0.4, 0.5) is 0 Å². The fraction of sp³-hybridized carbons (Fsp3) is 0.391. The van der Waals surface area contributed by atoms with Crippen LogP contribution in [0, 0.1) is 5.92 Å². The molecule has 0 aliphatic heterocycles. The SMILES string of the molecule is NC(=O)C(Cc1ccc(O)cc1)NC(=O)C1CC(O)C(O)C(O)C1SCc1ccc(Cl)cc1. The van der Waals surface area contributed by atoms with Crippen molar-refractivity contribution >= 4 is 35.2 Å². The van der Waals surface area contributed by atoms with E-state index in [1.807, 2.05) is 12.1 Å². The van der Waals surface area contributed by atoms with Crippen molar-refractivity contribution in [1.29, 1.82) is 0 Å². The number of thioether (sulfide) groups is 1. The normalized spacial score (nSPS) is 25.9. The van der Waals surface area contributed by atoms with Crippen LogP contribution >= 0.6 is 23.4 Å². The molecule has 2 amide bonds. The second kappa shape index (κ2) is 11.2. The predicted molar refractivity (Wildman–Crippen MR) is 126 cm³/mol. The lowest BCUT2D eigenvalue weighted by Crippen LogP contribution is -2.58. The molecule has 1 aliphatic carbocycles. The fourth-order valence-electron chi connectivity index (χ4n) is 3.81. The summed E-state index contributed by atoms with van der Waals surface area (Å²) >= 11 is 7.19. The lowest BCUT2D eigenvalue weighted by Gasteiger charge is -2.40. The number of aromatic hydroxyl groups is 1. The van der Waals surface area contributed by atoms with Gasteiger partial charge in [0.1, 0.15) is 17.9 Å². The average Bonchev–Trinajstić information content (AvgIpc) is 2.78. The topological polar surface area (TPSA) is 153 Å². The van der Waals surface area contributed by atoms with Gasteiger partial charge in [-0.1, -0.05) is 35.9 Å². The number of amides is 2. The van der Waals surface area contributed by atoms with Crippen molar-refractivity contribution in [2.45, 2.75) is 48.2 Å². The number of aliphatic hydroxyl groups excluding tert-OH is 3. The number of hydrogen-bond acceptors (Lipinski definition) is 7. The van der Waals surface area contributed by atoms with Gasteiger partial charge in [-0.15, -0.1) is 0 Å². The lowest BCUT2D eigenvalue weighted by molar-refractivity contribution is -0.139. The van der Waals surface area contributed by atoms with Gasteiger partial charge in [0.05, 0.1) is 18.1 Å². The number of phenols is 1. The number of aliphatic hydroxyl groups is 3. The summed E-state index contributed by atoms with van der Waals surface area (Å²) < 4.78 is 0. The third kappa shape index (κ3) is 6.61. The summed E-state index contributed by atoms with van der Waals surface area (Å²) in [6.07, 6.45) is -3.98. The Hall–Kier alpha value is -2.30. The quantitative estimate of drug-likeness (QED) is 0.319. The molecule has 2 aromatic rings. The van der Waals surface area contributed by atoms with Crippen LogP contribution in [0.1, 0.15) is 17.5 Å². The standard InChI is InChI=1S/C23H27ClN2O6S/c24-14-5-1-13(2-6-14)11-33-21-16(10-18(28)19(29)20(21)30)23(32)26-17(22(25)31)9-12-3-7-15(27)8-4-12/h1-8,16-21,27-30H,9-11H2,(H2,25,31)(H,26,32). The summed E-state index contributed by atoms with van der Waals surface area (Å²) in [6.45, 7) is 0. The molecule has 2 aromatic carbocycles. The van der Waals surface area contributed by atoms with Crippen LogP contribution in [-0.2, 0) is 21.8 Å². The molecule has 0 aromatic heterocycles. The number of rotatable bonds is 8. The molecule has 1 saturated carbocycles. The van der Waals surface area contributed by atoms with Gasteiger partial charge in [-0.25, -0.2) is 0 Å². The zero-order valence-corrected chi connectivity index (χ0v) is 19.2. The number of hydrogen-bond donors (Lipinski definition) is 6. The van der Waals surface area contributed by atoms with E-state index < -0.39 is 47.3 Å². The van der Waals surface area contributed by atoms with Crippen LogP contribution < -0.4 is 11.1 Å². The van der Waals surface area contributed by atoms with Gasteiger partial charge in [-0.2, -0.15) is 11.8 Å². The van der Waals surface area contributed by atoms with E-state index in [4.69, 9.17) is 17.3 Å².